The molecule has 12 aromatic rings. The minimum absolute atomic E-state index is 0.00801. The third-order valence-electron chi connectivity index (χ3n) is 16.9. The lowest BCUT2D eigenvalue weighted by Gasteiger charge is -2.33. The first-order valence-electron chi connectivity index (χ1n) is 29.6. The predicted octanol–water partition coefficient (Wildman–Crippen LogP) is 15.8. The van der Waals surface area contributed by atoms with Crippen LogP contribution in [-0.4, -0.2) is 47.0 Å². The largest absolute Gasteiger partial charge is 0.457 e. The minimum atomic E-state index is -2.73. The van der Waals surface area contributed by atoms with Crippen molar-refractivity contribution >= 4 is 135 Å². The fourth-order valence-electron chi connectivity index (χ4n) is 12.3. The van der Waals surface area contributed by atoms with Crippen LogP contribution in [0.1, 0.15) is 84.6 Å². The molecule has 4 aromatic heterocycles. The highest BCUT2D eigenvalue weighted by Gasteiger charge is 2.62. The summed E-state index contributed by atoms with van der Waals surface area (Å²) < 4.78 is 39.3. The van der Waals surface area contributed by atoms with E-state index in [2.05, 4.69) is 0 Å². The van der Waals surface area contributed by atoms with Crippen LogP contribution < -0.4 is 9.47 Å². The summed E-state index contributed by atoms with van der Waals surface area (Å²) in [4.78, 5) is 122. The van der Waals surface area contributed by atoms with Gasteiger partial charge in [-0.25, -0.2) is 19.2 Å². The van der Waals surface area contributed by atoms with Crippen molar-refractivity contribution in [2.24, 2.45) is 0 Å². The molecule has 2 aliphatic heterocycles. The number of thiophene rings is 4. The summed E-state index contributed by atoms with van der Waals surface area (Å²) in [6.07, 6.45) is 2.90. The van der Waals surface area contributed by atoms with Crippen molar-refractivity contribution in [2.45, 2.75) is 37.6 Å². The van der Waals surface area contributed by atoms with E-state index in [-0.39, 0.29) is 82.5 Å². The molecule has 0 amide bonds. The Morgan fingerprint density at radius 3 is 0.883 bits per heavy atom. The van der Waals surface area contributed by atoms with Gasteiger partial charge in [0.05, 0.1) is 40.1 Å². The Morgan fingerprint density at radius 2 is 0.606 bits per heavy atom. The van der Waals surface area contributed by atoms with Crippen molar-refractivity contribution in [3.8, 4) is 31.0 Å². The van der Waals surface area contributed by atoms with E-state index in [1.54, 1.807) is 146 Å². The first-order valence-corrected chi connectivity index (χ1v) is 32.9. The average Bonchev–Trinajstić information content (AvgIpc) is 1.51. The number of Topliss-reactive ketones (excluding diaryl/α,β-unsaturated/α-hetero) is 4. The number of fused-ring (bicyclic) bond motifs is 13. The summed E-state index contributed by atoms with van der Waals surface area (Å²) in [5, 5.41) is 3.08. The molecule has 4 aliphatic rings. The molecule has 0 fully saturated rings. The second-order valence-electron chi connectivity index (χ2n) is 22.7. The van der Waals surface area contributed by atoms with Crippen molar-refractivity contribution < 1.29 is 66.8 Å². The first kappa shape index (κ1) is 58.1. The number of esters is 4. The highest BCUT2D eigenvalue weighted by atomic mass is 32.1. The van der Waals surface area contributed by atoms with Crippen molar-refractivity contribution in [1.29, 1.82) is 0 Å². The molecular weight excluding hydrogens is 1270 g/mol. The highest BCUT2D eigenvalue weighted by molar-refractivity contribution is 7.35. The van der Waals surface area contributed by atoms with Gasteiger partial charge in [-0.3, -0.25) is 19.2 Å². The fraction of sp³-hybridized carbons (Fsp3) is 0.0789. The van der Waals surface area contributed by atoms with E-state index in [1.165, 1.54) is 24.3 Å². The van der Waals surface area contributed by atoms with E-state index in [1.807, 2.05) is 48.5 Å². The van der Waals surface area contributed by atoms with Crippen LogP contribution in [0.3, 0.4) is 0 Å². The first-order chi connectivity index (χ1) is 45.8. The molecule has 2 aliphatic carbocycles. The van der Waals surface area contributed by atoms with Gasteiger partial charge in [0.1, 0.15) is 26.4 Å². The zero-order valence-electron chi connectivity index (χ0n) is 49.0. The lowest BCUT2D eigenvalue weighted by atomic mass is 9.90. The summed E-state index contributed by atoms with van der Waals surface area (Å²) >= 11 is 4.40. The van der Waals surface area contributed by atoms with Gasteiger partial charge >= 0.3 is 35.1 Å². The van der Waals surface area contributed by atoms with Crippen LogP contribution in [0.15, 0.2) is 217 Å². The van der Waals surface area contributed by atoms with Crippen LogP contribution in [0, 0.1) is 0 Å². The molecule has 94 heavy (non-hydrogen) atoms. The Labute approximate surface area is 550 Å². The van der Waals surface area contributed by atoms with Gasteiger partial charge in [-0.05, 0) is 92.3 Å². The van der Waals surface area contributed by atoms with Crippen LogP contribution in [-0.2, 0) is 75.8 Å². The number of ether oxygens (including phenoxy) is 6. The van der Waals surface area contributed by atoms with Crippen molar-refractivity contribution in [3.05, 3.63) is 283 Å². The summed E-state index contributed by atoms with van der Waals surface area (Å²) in [6, 6.07) is 60.1. The molecule has 16 rings (SSSR count). The maximum Gasteiger partial charge on any atom is 0.367 e. The standard InChI is InChI=1S/C76H44O14S4/c77-59-51-29-45-25-13-14-26-46(45)30-52(51)60(78)55(59)33-49-35-57-65(91-49)67-63(89-75(57,71(81)85-37-41-17-5-1-6-18-41)72(82)86-38-42-19-7-2-8-20-42)69-70(93-67)64-68(94-69)66-58(36-50(92-66)34-56-61(79)53-31-47-27-15-16-28-48(47)32-54(53)62(56)80)76(90-64,73(83)87-39-43-21-9-3-10-22-43)74(84)88-40-44-23-11-4-12-24-44/h1-36H,37-40H2. The third kappa shape index (κ3) is 9.54. The normalized spacial score (nSPS) is 14.5. The van der Waals surface area contributed by atoms with Gasteiger partial charge < -0.3 is 28.4 Å². The van der Waals surface area contributed by atoms with E-state index < -0.39 is 58.2 Å². The lowest BCUT2D eigenvalue weighted by Crippen LogP contribution is -2.52. The van der Waals surface area contributed by atoms with Crippen LogP contribution in [0.5, 0.6) is 11.5 Å². The fourth-order valence-corrected chi connectivity index (χ4v) is 17.4. The molecular formula is C76H44O14S4. The molecule has 0 spiro atoms. The number of hydrogen-bond acceptors (Lipinski definition) is 18. The van der Waals surface area contributed by atoms with E-state index in [0.29, 0.717) is 60.9 Å². The van der Waals surface area contributed by atoms with Gasteiger partial charge in [-0.15, -0.1) is 45.3 Å². The van der Waals surface area contributed by atoms with Gasteiger partial charge in [-0.2, -0.15) is 0 Å². The quantitative estimate of drug-likeness (QED) is 0.0328. The zero-order valence-corrected chi connectivity index (χ0v) is 52.2. The Kier molecular flexibility index (Phi) is 14.2. The Balaban J connectivity index is 0.890. The number of carbonyl (C=O) groups excluding carboxylic acids is 8. The van der Waals surface area contributed by atoms with Gasteiger partial charge in [0.2, 0.25) is 0 Å². The third-order valence-corrected chi connectivity index (χ3v) is 21.9. The number of carbonyl (C=O) groups is 8. The maximum absolute atomic E-state index is 15.6. The monoisotopic (exact) mass is 1310 g/mol. The second kappa shape index (κ2) is 23.0. The number of benzene rings is 8. The van der Waals surface area contributed by atoms with E-state index in [9.17, 15) is 19.2 Å². The Hall–Kier alpha value is -11.0. The zero-order chi connectivity index (χ0) is 64.0. The molecule has 14 nitrogen and oxygen atoms in total. The van der Waals surface area contributed by atoms with Crippen molar-refractivity contribution in [1.82, 2.24) is 0 Å². The van der Waals surface area contributed by atoms with Crippen LogP contribution in [0.2, 0.25) is 0 Å². The molecule has 18 heteroatoms. The minimum Gasteiger partial charge on any atom is -0.457 e. The summed E-state index contributed by atoms with van der Waals surface area (Å²) in [6.45, 7) is -1.17. The predicted molar refractivity (Wildman–Crippen MR) is 357 cm³/mol. The molecule has 6 heterocycles. The molecule has 0 N–H and O–H groups in total. The topological polar surface area (TPSA) is 192 Å². The van der Waals surface area contributed by atoms with Crippen molar-refractivity contribution in [3.63, 3.8) is 0 Å². The highest BCUT2D eigenvalue weighted by Crippen LogP contribution is 2.65. The number of allylic oxidation sites excluding steroid dienone is 2. The molecule has 0 unspecified atom stereocenters. The van der Waals surface area contributed by atoms with E-state index in [4.69, 9.17) is 28.4 Å². The molecule has 0 atom stereocenters. The Morgan fingerprint density at radius 1 is 0.340 bits per heavy atom. The smallest absolute Gasteiger partial charge is 0.367 e. The van der Waals surface area contributed by atoms with Crippen LogP contribution >= 0.6 is 45.3 Å². The molecule has 0 saturated heterocycles. The van der Waals surface area contributed by atoms with Crippen molar-refractivity contribution in [2.75, 3.05) is 0 Å². The lowest BCUT2D eigenvalue weighted by molar-refractivity contribution is -0.185. The SMILES string of the molecule is O=C1C(=Cc2cc3c(s2)-c2sc4c5c(sc4c2OC3(C(=O)OCc2ccccc2)C(=O)OCc2ccccc2)-c2sc(C=C3C(=O)c4cc6ccccc6cc4C3=O)cc2C(C(=O)OCc2ccccc2)(C(=O)OCc2ccccc2)O5)C(=O)c2cc3ccccc3cc21. The van der Waals surface area contributed by atoms with Crippen LogP contribution in [0.25, 0.3) is 62.6 Å². The molecule has 0 saturated carbocycles. The van der Waals surface area contributed by atoms with Gasteiger partial charge in [0.25, 0.3) is 0 Å². The second-order valence-corrected chi connectivity index (χ2v) is 26.9. The van der Waals surface area contributed by atoms with Gasteiger partial charge in [-0.1, -0.05) is 170 Å². The van der Waals surface area contributed by atoms with Gasteiger partial charge in [0, 0.05) is 43.1 Å². The van der Waals surface area contributed by atoms with Gasteiger partial charge in [0.15, 0.2) is 34.6 Å². The summed E-state index contributed by atoms with van der Waals surface area (Å²) in [5.41, 5.74) is -2.45. The van der Waals surface area contributed by atoms with Crippen LogP contribution in [0.4, 0.5) is 0 Å². The molecule has 0 bridgehead atoms. The number of rotatable bonds is 14. The van der Waals surface area contributed by atoms with E-state index >= 15 is 19.2 Å². The molecule has 456 valence electrons. The maximum atomic E-state index is 15.6. The average molecular weight is 1310 g/mol. The molecule has 0 radical (unpaired) electrons. The number of ketones is 4. The molecule has 8 aromatic carbocycles. The number of hydrogen-bond donors (Lipinski definition) is 0. The summed E-state index contributed by atoms with van der Waals surface area (Å²) in [5.74, 6) is -6.60. The summed E-state index contributed by atoms with van der Waals surface area (Å²) in [7, 11) is 0. The van der Waals surface area contributed by atoms with E-state index in [0.717, 1.165) is 66.9 Å². The Bertz CT molecular complexity index is 4770.